The van der Waals surface area contributed by atoms with Crippen LogP contribution in [0.15, 0.2) is 36.7 Å². The Kier molecular flexibility index (Phi) is 10.8. The van der Waals surface area contributed by atoms with Crippen LogP contribution in [0.4, 0.5) is 0 Å². The van der Waals surface area contributed by atoms with Gasteiger partial charge in [-0.05, 0) is 45.1 Å². The lowest BCUT2D eigenvalue weighted by Gasteiger charge is -2.29. The van der Waals surface area contributed by atoms with Crippen LogP contribution in [0.25, 0.3) is 5.69 Å². The Morgan fingerprint density at radius 3 is 2.50 bits per heavy atom. The largest absolute Gasteiger partial charge is 0.349 e. The Morgan fingerprint density at radius 2 is 1.88 bits per heavy atom. The summed E-state index contributed by atoms with van der Waals surface area (Å²) in [6.07, 6.45) is 5.57. The first kappa shape index (κ1) is 24.7. The number of para-hydroxylation sites is 1. The number of carbonyl (C=O) groups excluding carboxylic acids is 1. The van der Waals surface area contributed by atoms with E-state index in [4.69, 9.17) is 5.73 Å². The molecule has 1 amide bonds. The van der Waals surface area contributed by atoms with Gasteiger partial charge in [0, 0.05) is 24.3 Å². The number of aromatic nitrogens is 2. The molecular formula is C17H26Cl3N5O. The normalized spacial score (nSPS) is 14.5. The average molecular weight is 423 g/mol. The number of halogens is 3. The minimum Gasteiger partial charge on any atom is -0.349 e. The van der Waals surface area contributed by atoms with E-state index in [0.717, 1.165) is 37.2 Å². The second kappa shape index (κ2) is 11.4. The van der Waals surface area contributed by atoms with Crippen molar-refractivity contribution in [3.8, 4) is 5.69 Å². The molecule has 0 atom stereocenters. The van der Waals surface area contributed by atoms with Crippen LogP contribution in [-0.2, 0) is 6.54 Å². The Hall–Kier alpha value is -1.31. The van der Waals surface area contributed by atoms with E-state index in [9.17, 15) is 4.79 Å². The quantitative estimate of drug-likeness (QED) is 0.793. The summed E-state index contributed by atoms with van der Waals surface area (Å²) in [4.78, 5) is 15.0. The van der Waals surface area contributed by atoms with Crippen LogP contribution < -0.4 is 11.1 Å². The first-order valence-electron chi connectivity index (χ1n) is 8.00. The van der Waals surface area contributed by atoms with Crippen LogP contribution in [0.1, 0.15) is 28.8 Å². The zero-order valence-corrected chi connectivity index (χ0v) is 17.1. The summed E-state index contributed by atoms with van der Waals surface area (Å²) in [6, 6.07) is 7.76. The Bertz CT molecular complexity index is 687. The molecule has 0 radical (unpaired) electrons. The molecule has 0 aliphatic carbocycles. The van der Waals surface area contributed by atoms with E-state index in [1.165, 1.54) is 0 Å². The molecule has 26 heavy (non-hydrogen) atoms. The Morgan fingerprint density at radius 1 is 1.23 bits per heavy atom. The van der Waals surface area contributed by atoms with Gasteiger partial charge >= 0.3 is 0 Å². The second-order valence-electron chi connectivity index (χ2n) is 6.07. The highest BCUT2D eigenvalue weighted by Crippen LogP contribution is 2.16. The predicted molar refractivity (Wildman–Crippen MR) is 111 cm³/mol. The van der Waals surface area contributed by atoms with E-state index in [-0.39, 0.29) is 49.2 Å². The van der Waals surface area contributed by atoms with Crippen LogP contribution in [0.5, 0.6) is 0 Å². The third kappa shape index (κ3) is 5.86. The number of amides is 1. The topological polar surface area (TPSA) is 76.2 Å². The van der Waals surface area contributed by atoms with E-state index in [0.29, 0.717) is 12.1 Å². The lowest BCUT2D eigenvalue weighted by molar-refractivity contribution is 0.0916. The third-order valence-electron chi connectivity index (χ3n) is 4.32. The first-order valence-corrected chi connectivity index (χ1v) is 8.00. The highest BCUT2D eigenvalue weighted by molar-refractivity contribution is 5.97. The van der Waals surface area contributed by atoms with Gasteiger partial charge in [0.1, 0.15) is 0 Å². The molecule has 0 saturated carbocycles. The number of nitrogens with one attached hydrogen (secondary N) is 1. The molecule has 146 valence electrons. The van der Waals surface area contributed by atoms with Crippen molar-refractivity contribution < 1.29 is 4.79 Å². The summed E-state index contributed by atoms with van der Waals surface area (Å²) in [7, 11) is 2.11. The minimum atomic E-state index is -0.0417. The molecule has 1 saturated heterocycles. The Balaban J connectivity index is 0.00000208. The molecule has 2 heterocycles. The van der Waals surface area contributed by atoms with Crippen molar-refractivity contribution in [1.82, 2.24) is 20.0 Å². The Labute approximate surface area is 172 Å². The van der Waals surface area contributed by atoms with Crippen LogP contribution in [0.2, 0.25) is 0 Å². The number of nitrogens with zero attached hydrogens (tertiary/aromatic N) is 3. The molecule has 0 unspecified atom stereocenters. The van der Waals surface area contributed by atoms with Crippen molar-refractivity contribution in [2.75, 3.05) is 20.1 Å². The number of carbonyl (C=O) groups is 1. The van der Waals surface area contributed by atoms with Gasteiger partial charge in [-0.25, -0.2) is 4.68 Å². The highest BCUT2D eigenvalue weighted by Gasteiger charge is 2.20. The predicted octanol–water partition coefficient (Wildman–Crippen LogP) is 2.42. The van der Waals surface area contributed by atoms with E-state index >= 15 is 0 Å². The number of hydrogen-bond acceptors (Lipinski definition) is 4. The highest BCUT2D eigenvalue weighted by atomic mass is 35.5. The first-order chi connectivity index (χ1) is 11.2. The lowest BCUT2D eigenvalue weighted by atomic mass is 10.0. The maximum atomic E-state index is 12.7. The van der Waals surface area contributed by atoms with Crippen LogP contribution in [-0.4, -0.2) is 46.8 Å². The van der Waals surface area contributed by atoms with Crippen molar-refractivity contribution in [1.29, 1.82) is 0 Å². The number of rotatable bonds is 4. The molecule has 1 aliphatic rings. The number of piperidine rings is 1. The third-order valence-corrected chi connectivity index (χ3v) is 4.32. The van der Waals surface area contributed by atoms with E-state index in [1.807, 2.05) is 30.5 Å². The van der Waals surface area contributed by atoms with Gasteiger partial charge in [0.2, 0.25) is 0 Å². The maximum absolute atomic E-state index is 12.7. The lowest BCUT2D eigenvalue weighted by Crippen LogP contribution is -2.43. The summed E-state index contributed by atoms with van der Waals surface area (Å²) in [5, 5.41) is 7.46. The standard InChI is InChI=1S/C17H23N5O.3ClH/c1-21-8-6-14(7-9-21)20-17(23)15-4-2-3-5-16(15)22-12-13(10-18)11-19-22;;;/h2-5,11-12,14H,6-10,18H2,1H3,(H,20,23);3*1H. The molecule has 1 aliphatic heterocycles. The molecule has 9 heteroatoms. The zero-order chi connectivity index (χ0) is 16.2. The molecule has 3 N–H and O–H groups in total. The monoisotopic (exact) mass is 421 g/mol. The minimum absolute atomic E-state index is 0. The van der Waals surface area contributed by atoms with E-state index in [2.05, 4.69) is 22.4 Å². The van der Waals surface area contributed by atoms with Gasteiger partial charge in [-0.1, -0.05) is 12.1 Å². The SMILES string of the molecule is CN1CCC(NC(=O)c2ccccc2-n2cc(CN)cn2)CC1.Cl.Cl.Cl. The average Bonchev–Trinajstić information content (AvgIpc) is 3.06. The fourth-order valence-electron chi connectivity index (χ4n) is 2.88. The molecule has 1 aromatic heterocycles. The second-order valence-corrected chi connectivity index (χ2v) is 6.07. The van der Waals surface area contributed by atoms with Crippen molar-refractivity contribution in [3.05, 3.63) is 47.8 Å². The van der Waals surface area contributed by atoms with Gasteiger partial charge < -0.3 is 16.0 Å². The van der Waals surface area contributed by atoms with Gasteiger partial charge in [-0.15, -0.1) is 37.2 Å². The van der Waals surface area contributed by atoms with Crippen LogP contribution in [0.3, 0.4) is 0 Å². The summed E-state index contributed by atoms with van der Waals surface area (Å²) >= 11 is 0. The van der Waals surface area contributed by atoms with E-state index < -0.39 is 0 Å². The van der Waals surface area contributed by atoms with Crippen molar-refractivity contribution in [3.63, 3.8) is 0 Å². The van der Waals surface area contributed by atoms with Crippen molar-refractivity contribution >= 4 is 43.1 Å². The van der Waals surface area contributed by atoms with Crippen LogP contribution >= 0.6 is 37.2 Å². The fraction of sp³-hybridized carbons (Fsp3) is 0.412. The van der Waals surface area contributed by atoms with Gasteiger partial charge in [0.15, 0.2) is 0 Å². The molecule has 6 nitrogen and oxygen atoms in total. The number of benzene rings is 1. The molecule has 0 bridgehead atoms. The summed E-state index contributed by atoms with van der Waals surface area (Å²) < 4.78 is 1.71. The molecule has 3 rings (SSSR count). The molecule has 2 aromatic rings. The van der Waals surface area contributed by atoms with Crippen LogP contribution in [0, 0.1) is 0 Å². The zero-order valence-electron chi connectivity index (χ0n) is 14.6. The van der Waals surface area contributed by atoms with E-state index in [1.54, 1.807) is 10.9 Å². The van der Waals surface area contributed by atoms with Gasteiger partial charge in [0.05, 0.1) is 17.4 Å². The summed E-state index contributed by atoms with van der Waals surface area (Å²) in [5.74, 6) is -0.0417. The maximum Gasteiger partial charge on any atom is 0.253 e. The number of nitrogens with two attached hydrogens (primary N) is 1. The van der Waals surface area contributed by atoms with Gasteiger partial charge in [-0.3, -0.25) is 4.79 Å². The van der Waals surface area contributed by atoms with Gasteiger partial charge in [0.25, 0.3) is 5.91 Å². The van der Waals surface area contributed by atoms with Crippen molar-refractivity contribution in [2.45, 2.75) is 25.4 Å². The summed E-state index contributed by atoms with van der Waals surface area (Å²) in [5.41, 5.74) is 7.99. The van der Waals surface area contributed by atoms with Crippen molar-refractivity contribution in [2.24, 2.45) is 5.73 Å². The summed E-state index contributed by atoms with van der Waals surface area (Å²) in [6.45, 7) is 2.47. The smallest absolute Gasteiger partial charge is 0.253 e. The molecule has 1 fully saturated rings. The fourth-order valence-corrected chi connectivity index (χ4v) is 2.88. The molecular weight excluding hydrogens is 397 g/mol. The molecule has 1 aromatic carbocycles. The number of hydrogen-bond donors (Lipinski definition) is 2. The molecule has 0 spiro atoms. The number of likely N-dealkylation sites (tertiary alicyclic amines) is 1. The van der Waals surface area contributed by atoms with Gasteiger partial charge in [-0.2, -0.15) is 5.10 Å².